The van der Waals surface area contributed by atoms with E-state index in [0.717, 1.165) is 61.8 Å². The summed E-state index contributed by atoms with van der Waals surface area (Å²) < 4.78 is 0. The SMILES string of the molecule is Cc1ccc(NC(=O)N[C@]23CCC(C)(C)C[C@H]2[C@H]2C(=O)C=C4[C@@]5(C)C=C(C#N)C(=O)C(C)(C)[C@@H]5CC[C@@]4(C)[C@]2(C)CC3)cc1. The fourth-order valence-electron chi connectivity index (χ4n) is 10.9. The van der Waals surface area contributed by atoms with Crippen molar-refractivity contribution in [3.63, 3.8) is 0 Å². The summed E-state index contributed by atoms with van der Waals surface area (Å²) in [4.78, 5) is 41.6. The number of rotatable bonds is 2. The van der Waals surface area contributed by atoms with Crippen molar-refractivity contribution >= 4 is 23.3 Å². The largest absolute Gasteiger partial charge is 0.332 e. The lowest BCUT2D eigenvalue weighted by Gasteiger charge is -2.69. The predicted octanol–water partition coefficient (Wildman–Crippen LogP) is 8.09. The summed E-state index contributed by atoms with van der Waals surface area (Å²) in [6, 6.07) is 9.82. The predicted molar refractivity (Wildman–Crippen MR) is 173 cm³/mol. The van der Waals surface area contributed by atoms with Crippen molar-refractivity contribution in [2.24, 2.45) is 44.8 Å². The van der Waals surface area contributed by atoms with Crippen LogP contribution in [-0.4, -0.2) is 23.1 Å². The zero-order valence-electron chi connectivity index (χ0n) is 27.8. The second-order valence-electron chi connectivity index (χ2n) is 16.9. The highest BCUT2D eigenvalue weighted by atomic mass is 16.2. The molecule has 0 bridgehead atoms. The third kappa shape index (κ3) is 4.21. The molecule has 6 nitrogen and oxygen atoms in total. The van der Waals surface area contributed by atoms with Crippen LogP contribution in [-0.2, 0) is 9.59 Å². The Morgan fingerprint density at radius 1 is 0.932 bits per heavy atom. The molecule has 0 heterocycles. The summed E-state index contributed by atoms with van der Waals surface area (Å²) in [5.41, 5.74) is 1.01. The quantitative estimate of drug-likeness (QED) is 0.361. The first-order chi connectivity index (χ1) is 20.4. The summed E-state index contributed by atoms with van der Waals surface area (Å²) in [5.74, 6) is -0.121. The molecule has 0 unspecified atom stereocenters. The van der Waals surface area contributed by atoms with Gasteiger partial charge in [-0.25, -0.2) is 4.79 Å². The maximum absolute atomic E-state index is 14.7. The van der Waals surface area contributed by atoms with E-state index in [-0.39, 0.29) is 57.2 Å². The molecule has 1 aromatic carbocycles. The molecule has 0 spiro atoms. The Kier molecular flexibility index (Phi) is 6.76. The van der Waals surface area contributed by atoms with E-state index in [4.69, 9.17) is 0 Å². The Bertz CT molecular complexity index is 1540. The van der Waals surface area contributed by atoms with Gasteiger partial charge in [-0.2, -0.15) is 5.26 Å². The van der Waals surface area contributed by atoms with E-state index >= 15 is 0 Å². The third-order valence-corrected chi connectivity index (χ3v) is 13.5. The van der Waals surface area contributed by atoms with Gasteiger partial charge in [0.05, 0.1) is 5.57 Å². The fourth-order valence-corrected chi connectivity index (χ4v) is 10.9. The fraction of sp³-hybridized carbons (Fsp3) is 0.632. The Morgan fingerprint density at radius 2 is 1.59 bits per heavy atom. The molecule has 2 amide bonds. The number of carbonyl (C=O) groups is 3. The molecule has 2 N–H and O–H groups in total. The van der Waals surface area contributed by atoms with Crippen LogP contribution in [0.4, 0.5) is 10.5 Å². The minimum atomic E-state index is -0.679. The number of ketones is 2. The molecule has 234 valence electrons. The van der Waals surface area contributed by atoms with Crippen LogP contribution in [0, 0.1) is 63.1 Å². The second-order valence-corrected chi connectivity index (χ2v) is 16.9. The Morgan fingerprint density at radius 3 is 2.25 bits per heavy atom. The summed E-state index contributed by atoms with van der Waals surface area (Å²) in [6.45, 7) is 17.4. The number of Topliss-reactive ketones (excluding diaryl/α,β-unsaturated/α-hetero) is 1. The van der Waals surface area contributed by atoms with E-state index in [1.54, 1.807) is 0 Å². The van der Waals surface area contributed by atoms with Gasteiger partial charge in [0, 0.05) is 28.0 Å². The first-order valence-electron chi connectivity index (χ1n) is 16.5. The minimum absolute atomic E-state index is 0.0102. The van der Waals surface area contributed by atoms with Gasteiger partial charge in [0.15, 0.2) is 11.6 Å². The monoisotopic (exact) mass is 595 g/mol. The van der Waals surface area contributed by atoms with Crippen molar-refractivity contribution in [1.29, 1.82) is 5.26 Å². The van der Waals surface area contributed by atoms with Gasteiger partial charge in [0.2, 0.25) is 0 Å². The van der Waals surface area contributed by atoms with Crippen molar-refractivity contribution in [2.45, 2.75) is 106 Å². The number of amides is 2. The summed E-state index contributed by atoms with van der Waals surface area (Å²) in [6.07, 6.45) is 9.97. The number of aryl methyl sites for hydroxylation is 1. The van der Waals surface area contributed by atoms with Crippen molar-refractivity contribution in [3.8, 4) is 6.07 Å². The molecule has 0 saturated heterocycles. The van der Waals surface area contributed by atoms with Crippen molar-refractivity contribution in [2.75, 3.05) is 5.32 Å². The van der Waals surface area contributed by atoms with E-state index in [1.165, 1.54) is 0 Å². The number of urea groups is 1. The Hall–Kier alpha value is -3.20. The van der Waals surface area contributed by atoms with Crippen LogP contribution < -0.4 is 10.6 Å². The lowest BCUT2D eigenvalue weighted by Crippen LogP contribution is -2.70. The van der Waals surface area contributed by atoms with Crippen LogP contribution in [0.25, 0.3) is 0 Å². The average molecular weight is 596 g/mol. The lowest BCUT2D eigenvalue weighted by atomic mass is 9.35. The zero-order chi connectivity index (χ0) is 32.1. The van der Waals surface area contributed by atoms with Gasteiger partial charge in [-0.15, -0.1) is 0 Å². The molecule has 1 aromatic rings. The van der Waals surface area contributed by atoms with Crippen LogP contribution in [0.3, 0.4) is 0 Å². The highest BCUT2D eigenvalue weighted by Crippen LogP contribution is 2.73. The molecule has 5 aliphatic rings. The number of nitrogens with zero attached hydrogens (tertiary/aromatic N) is 1. The molecule has 3 fully saturated rings. The number of hydrogen-bond acceptors (Lipinski definition) is 4. The van der Waals surface area contributed by atoms with Gasteiger partial charge >= 0.3 is 6.03 Å². The summed E-state index contributed by atoms with van der Waals surface area (Å²) in [5, 5.41) is 16.5. The number of hydrogen-bond donors (Lipinski definition) is 2. The molecule has 6 rings (SSSR count). The third-order valence-electron chi connectivity index (χ3n) is 13.5. The molecule has 44 heavy (non-hydrogen) atoms. The first kappa shape index (κ1) is 30.8. The standard InChI is InChI=1S/C38H49N3O3/c1-23-9-11-25(12-10-23)40-32(44)41-38-17-15-33(2,3)21-26(38)30-27(42)19-29-35(6)20-24(22-39)31(43)34(4,5)28(35)13-14-36(29,7)37(30,8)16-18-38/h9-12,19-20,26,28,30H,13-18,21H2,1-8H3,(H2,40,41,44)/t26-,28-,30-,35-,36+,37+,38-/m0/s1. The number of anilines is 1. The van der Waals surface area contributed by atoms with E-state index in [0.29, 0.717) is 0 Å². The number of nitrogens with one attached hydrogen (secondary N) is 2. The van der Waals surface area contributed by atoms with Gasteiger partial charge in [0.1, 0.15) is 6.07 Å². The zero-order valence-corrected chi connectivity index (χ0v) is 27.8. The van der Waals surface area contributed by atoms with Crippen LogP contribution in [0.5, 0.6) is 0 Å². The second kappa shape index (κ2) is 9.65. The number of nitriles is 1. The maximum atomic E-state index is 14.7. The van der Waals surface area contributed by atoms with Gasteiger partial charge in [-0.05, 0) is 98.2 Å². The Balaban J connectivity index is 1.42. The van der Waals surface area contributed by atoms with Crippen LogP contribution >= 0.6 is 0 Å². The maximum Gasteiger partial charge on any atom is 0.319 e. The lowest BCUT2D eigenvalue weighted by molar-refractivity contribution is -0.160. The number of fused-ring (bicyclic) bond motifs is 7. The number of carbonyl (C=O) groups excluding carboxylic acids is 3. The van der Waals surface area contributed by atoms with Gasteiger partial charge in [0.25, 0.3) is 0 Å². The molecule has 0 radical (unpaired) electrons. The van der Waals surface area contributed by atoms with Crippen LogP contribution in [0.15, 0.2) is 47.6 Å². The number of benzene rings is 1. The van der Waals surface area contributed by atoms with Gasteiger partial charge in [-0.1, -0.05) is 77.8 Å². The van der Waals surface area contributed by atoms with E-state index in [1.807, 2.05) is 57.2 Å². The van der Waals surface area contributed by atoms with Crippen molar-refractivity contribution < 1.29 is 14.4 Å². The van der Waals surface area contributed by atoms with Crippen molar-refractivity contribution in [1.82, 2.24) is 5.32 Å². The van der Waals surface area contributed by atoms with E-state index in [2.05, 4.69) is 51.3 Å². The molecule has 7 atom stereocenters. The van der Waals surface area contributed by atoms with E-state index in [9.17, 15) is 19.6 Å². The Labute approximate surface area is 263 Å². The molecular weight excluding hydrogens is 546 g/mol. The highest BCUT2D eigenvalue weighted by Gasteiger charge is 2.70. The number of allylic oxidation sites excluding steroid dienone is 4. The van der Waals surface area contributed by atoms with Crippen LogP contribution in [0.2, 0.25) is 0 Å². The first-order valence-corrected chi connectivity index (χ1v) is 16.5. The minimum Gasteiger partial charge on any atom is -0.332 e. The van der Waals surface area contributed by atoms with Gasteiger partial charge < -0.3 is 10.6 Å². The normalized spacial score (nSPS) is 40.1. The molecule has 5 aliphatic carbocycles. The molecule has 3 saturated carbocycles. The highest BCUT2D eigenvalue weighted by molar-refractivity contribution is 6.04. The molecule has 0 aliphatic heterocycles. The topological polar surface area (TPSA) is 99.1 Å². The van der Waals surface area contributed by atoms with Crippen LogP contribution in [0.1, 0.15) is 99.0 Å². The summed E-state index contributed by atoms with van der Waals surface area (Å²) >= 11 is 0. The summed E-state index contributed by atoms with van der Waals surface area (Å²) in [7, 11) is 0. The van der Waals surface area contributed by atoms with Gasteiger partial charge in [-0.3, -0.25) is 9.59 Å². The molecular formula is C38H49N3O3. The van der Waals surface area contributed by atoms with E-state index < -0.39 is 16.4 Å². The van der Waals surface area contributed by atoms with Crippen molar-refractivity contribution in [3.05, 3.63) is 53.1 Å². The molecule has 0 aromatic heterocycles. The smallest absolute Gasteiger partial charge is 0.319 e. The average Bonchev–Trinajstić information content (AvgIpc) is 2.94. The molecule has 6 heteroatoms.